The first-order chi connectivity index (χ1) is 24.2. The van der Waals surface area contributed by atoms with Gasteiger partial charge in [0.05, 0.1) is 23.6 Å². The lowest BCUT2D eigenvalue weighted by Gasteiger charge is -2.10. The molecule has 6 rings (SSSR count). The molecular weight excluding hydrogens is 727 g/mol. The van der Waals surface area contributed by atoms with Crippen LogP contribution in [-0.2, 0) is 13.1 Å². The van der Waals surface area contributed by atoms with Crippen molar-refractivity contribution in [3.05, 3.63) is 67.0 Å². The fraction of sp³-hybridized carbons (Fsp3) is 0.300. The van der Waals surface area contributed by atoms with E-state index < -0.39 is 43.7 Å². The van der Waals surface area contributed by atoms with Crippen LogP contribution in [-0.4, -0.2) is 69.8 Å². The number of fused-ring (bicyclic) bond motifs is 2. The lowest BCUT2D eigenvalue weighted by molar-refractivity contribution is -0.275. The van der Waals surface area contributed by atoms with Gasteiger partial charge in [-0.1, -0.05) is 24.3 Å². The van der Waals surface area contributed by atoms with Gasteiger partial charge < -0.3 is 9.47 Å². The van der Waals surface area contributed by atoms with Crippen molar-refractivity contribution in [2.24, 2.45) is 0 Å². The minimum Gasteiger partial charge on any atom is -0.406 e. The molecule has 0 aliphatic heterocycles. The van der Waals surface area contributed by atoms with Crippen molar-refractivity contribution in [1.29, 1.82) is 0 Å². The van der Waals surface area contributed by atoms with E-state index in [0.29, 0.717) is 27.0 Å². The van der Waals surface area contributed by atoms with Crippen LogP contribution in [0.3, 0.4) is 0 Å². The highest BCUT2D eigenvalue weighted by Crippen LogP contribution is 2.29. The van der Waals surface area contributed by atoms with Crippen molar-refractivity contribution in [3.63, 3.8) is 0 Å². The summed E-state index contributed by atoms with van der Waals surface area (Å²) in [7, 11) is 0. The van der Waals surface area contributed by atoms with Gasteiger partial charge in [0.1, 0.15) is 30.1 Å². The number of ether oxygens (including phenoxy) is 2. The van der Waals surface area contributed by atoms with Gasteiger partial charge in [0, 0.05) is 18.1 Å². The highest BCUT2D eigenvalue weighted by atomic mass is 19.4. The quantitative estimate of drug-likeness (QED) is 0.148. The molecule has 6 aromatic rings. The zero-order chi connectivity index (χ0) is 38.5. The summed E-state index contributed by atoms with van der Waals surface area (Å²) in [5.41, 5.74) is 1.77. The zero-order valence-electron chi connectivity index (χ0n) is 26.8. The Balaban J connectivity index is 0.000000222. The number of benzene rings is 2. The Morgan fingerprint density at radius 2 is 1.12 bits per heavy atom. The SMILES string of the molecule is CC.CC(F)(F)Cn1nnc2cnc(-c3ccc(OC(F)(F)F)cc3)cc21.FC(F)(F)Cn1nnc2cnc(-c3ccc(OC(F)(F)F)cc3)nc21. The third-order valence-corrected chi connectivity index (χ3v) is 6.14. The molecule has 0 N–H and O–H groups in total. The topological polar surface area (TPSA) is 119 Å². The first-order valence-electron chi connectivity index (χ1n) is 14.6. The van der Waals surface area contributed by atoms with Crippen molar-refractivity contribution in [2.45, 2.75) is 58.7 Å². The van der Waals surface area contributed by atoms with Crippen LogP contribution in [0.4, 0.5) is 48.3 Å². The molecule has 0 saturated carbocycles. The van der Waals surface area contributed by atoms with Crippen LogP contribution in [0.15, 0.2) is 67.0 Å². The fourth-order valence-corrected chi connectivity index (χ4v) is 4.23. The molecule has 4 heterocycles. The standard InChI is InChI=1S/C15H11F5N4O.C13H7F6N5O.C2H6/c1-14(16,17)8-24-13-6-11(21-7-12(13)22-23-24)9-2-4-10(5-3-9)25-15(18,19)20;14-12(15,16)6-24-11-9(22-23-24)5-20-10(21-11)7-1-3-8(4-2-7)25-13(17,18)19;1-2/h2-7H,8H2,1H3;1-5H,6H2;1-2H3. The normalized spacial score (nSPS) is 12.2. The van der Waals surface area contributed by atoms with E-state index in [9.17, 15) is 48.3 Å². The first kappa shape index (κ1) is 39.1. The van der Waals surface area contributed by atoms with Crippen LogP contribution in [0, 0.1) is 0 Å². The molecule has 11 nitrogen and oxygen atoms in total. The smallest absolute Gasteiger partial charge is 0.406 e. The van der Waals surface area contributed by atoms with E-state index in [1.54, 1.807) is 0 Å². The van der Waals surface area contributed by atoms with Gasteiger partial charge in [0.2, 0.25) is 0 Å². The van der Waals surface area contributed by atoms with Gasteiger partial charge in [-0.25, -0.2) is 28.1 Å². The molecule has 0 amide bonds. The first-order valence-corrected chi connectivity index (χ1v) is 14.6. The molecule has 0 aliphatic carbocycles. The summed E-state index contributed by atoms with van der Waals surface area (Å²) in [5.74, 6) is -3.77. The van der Waals surface area contributed by atoms with Crippen LogP contribution in [0.2, 0.25) is 0 Å². The maximum absolute atomic E-state index is 13.2. The zero-order valence-corrected chi connectivity index (χ0v) is 26.8. The lowest BCUT2D eigenvalue weighted by atomic mass is 10.1. The lowest BCUT2D eigenvalue weighted by Crippen LogP contribution is -2.20. The van der Waals surface area contributed by atoms with Gasteiger partial charge in [-0.15, -0.1) is 36.5 Å². The minimum absolute atomic E-state index is 0.0109. The number of rotatable bonds is 7. The molecule has 0 aliphatic rings. The van der Waals surface area contributed by atoms with Crippen LogP contribution in [0.25, 0.3) is 44.8 Å². The van der Waals surface area contributed by atoms with Crippen molar-refractivity contribution in [1.82, 2.24) is 44.9 Å². The van der Waals surface area contributed by atoms with E-state index in [1.165, 1.54) is 42.7 Å². The average molecular weight is 752 g/mol. The molecule has 2 aromatic carbocycles. The van der Waals surface area contributed by atoms with E-state index in [1.807, 2.05) is 13.8 Å². The molecule has 52 heavy (non-hydrogen) atoms. The Labute approximate surface area is 285 Å². The highest BCUT2D eigenvalue weighted by Gasteiger charge is 2.32. The number of aromatic nitrogens is 9. The van der Waals surface area contributed by atoms with E-state index in [-0.39, 0.29) is 28.3 Å². The summed E-state index contributed by atoms with van der Waals surface area (Å²) in [4.78, 5) is 12.0. The molecule has 0 spiro atoms. The maximum atomic E-state index is 13.2. The molecule has 0 atom stereocenters. The van der Waals surface area contributed by atoms with Gasteiger partial charge in [0.25, 0.3) is 5.92 Å². The maximum Gasteiger partial charge on any atom is 0.573 e. The van der Waals surface area contributed by atoms with E-state index in [4.69, 9.17) is 0 Å². The van der Waals surface area contributed by atoms with E-state index >= 15 is 0 Å². The monoisotopic (exact) mass is 751 g/mol. The number of pyridine rings is 1. The summed E-state index contributed by atoms with van der Waals surface area (Å²) in [6.07, 6.45) is -11.6. The van der Waals surface area contributed by atoms with Gasteiger partial charge >= 0.3 is 18.9 Å². The van der Waals surface area contributed by atoms with Crippen molar-refractivity contribution >= 4 is 22.2 Å². The largest absolute Gasteiger partial charge is 0.573 e. The fourth-order valence-electron chi connectivity index (χ4n) is 4.23. The number of halogens is 11. The highest BCUT2D eigenvalue weighted by molar-refractivity contribution is 5.78. The second kappa shape index (κ2) is 15.3. The summed E-state index contributed by atoms with van der Waals surface area (Å²) >= 11 is 0. The molecule has 22 heteroatoms. The summed E-state index contributed by atoms with van der Waals surface area (Å²) in [6, 6.07) is 11.1. The van der Waals surface area contributed by atoms with Crippen LogP contribution >= 0.6 is 0 Å². The second-order valence-electron chi connectivity index (χ2n) is 10.3. The Morgan fingerprint density at radius 3 is 1.63 bits per heavy atom. The molecule has 0 unspecified atom stereocenters. The predicted octanol–water partition coefficient (Wildman–Crippen LogP) is 8.42. The summed E-state index contributed by atoms with van der Waals surface area (Å²) in [5, 5.41) is 14.3. The van der Waals surface area contributed by atoms with Crippen LogP contribution in [0.1, 0.15) is 20.8 Å². The Hall–Kier alpha value is -5.70. The molecule has 0 saturated heterocycles. The molecule has 0 bridgehead atoms. The summed E-state index contributed by atoms with van der Waals surface area (Å²) in [6.45, 7) is 2.74. The van der Waals surface area contributed by atoms with Gasteiger partial charge in [-0.05, 0) is 54.6 Å². The summed E-state index contributed by atoms with van der Waals surface area (Å²) < 4.78 is 146. The number of nitrogens with zero attached hydrogens (tertiary/aromatic N) is 9. The molecule has 4 aromatic heterocycles. The van der Waals surface area contributed by atoms with E-state index in [2.05, 4.69) is 45.0 Å². The third kappa shape index (κ3) is 11.2. The Kier molecular flexibility index (Phi) is 11.5. The van der Waals surface area contributed by atoms with Gasteiger partial charge in [-0.3, -0.25) is 4.98 Å². The molecule has 0 radical (unpaired) electrons. The van der Waals surface area contributed by atoms with Crippen LogP contribution in [0.5, 0.6) is 11.5 Å². The number of hydrogen-bond acceptors (Lipinski definition) is 9. The van der Waals surface area contributed by atoms with Crippen LogP contribution < -0.4 is 9.47 Å². The Bertz CT molecular complexity index is 1920. The second-order valence-corrected chi connectivity index (χ2v) is 10.3. The predicted molar refractivity (Wildman–Crippen MR) is 161 cm³/mol. The third-order valence-electron chi connectivity index (χ3n) is 6.14. The Morgan fingerprint density at radius 1 is 0.615 bits per heavy atom. The van der Waals surface area contributed by atoms with Crippen molar-refractivity contribution in [3.8, 4) is 34.1 Å². The molecular formula is C30H24F11N9O2. The number of alkyl halides is 11. The van der Waals surface area contributed by atoms with Crippen molar-refractivity contribution < 1.29 is 57.8 Å². The molecule has 278 valence electrons. The van der Waals surface area contributed by atoms with Gasteiger partial charge in [0.15, 0.2) is 17.0 Å². The minimum atomic E-state index is -4.83. The van der Waals surface area contributed by atoms with Crippen molar-refractivity contribution in [2.75, 3.05) is 0 Å². The molecule has 0 fully saturated rings. The number of hydrogen-bond donors (Lipinski definition) is 0. The van der Waals surface area contributed by atoms with Gasteiger partial charge in [-0.2, -0.15) is 13.2 Å². The average Bonchev–Trinajstić information content (AvgIpc) is 3.62. The van der Waals surface area contributed by atoms with E-state index in [0.717, 1.165) is 35.9 Å².